The number of benzene rings is 4. The molecule has 238 valence electrons. The van der Waals surface area contributed by atoms with Gasteiger partial charge in [-0.2, -0.15) is 0 Å². The van der Waals surface area contributed by atoms with Crippen molar-refractivity contribution in [1.82, 2.24) is 0 Å². The van der Waals surface area contributed by atoms with Crippen molar-refractivity contribution < 1.29 is 24.3 Å². The molecule has 0 saturated carbocycles. The van der Waals surface area contributed by atoms with E-state index in [1.165, 1.54) is 12.1 Å². The van der Waals surface area contributed by atoms with Crippen LogP contribution in [0.5, 0.6) is 0 Å². The zero-order valence-electron chi connectivity index (χ0n) is 24.4. The van der Waals surface area contributed by atoms with Gasteiger partial charge in [-0.25, -0.2) is 4.79 Å². The minimum atomic E-state index is -1.44. The van der Waals surface area contributed by atoms with Crippen molar-refractivity contribution in [2.75, 3.05) is 6.61 Å². The van der Waals surface area contributed by atoms with Gasteiger partial charge in [-0.1, -0.05) is 89.9 Å². The molecule has 0 bridgehead atoms. The van der Waals surface area contributed by atoms with Crippen LogP contribution in [-0.4, -0.2) is 33.4 Å². The molecule has 0 unspecified atom stereocenters. The number of allylic oxidation sites excluding steroid dienone is 1. The number of fused-ring (bicyclic) bond motifs is 3. The number of nitro benzene ring substituents is 2. The van der Waals surface area contributed by atoms with Crippen LogP contribution < -0.4 is 0 Å². The van der Waals surface area contributed by atoms with Crippen molar-refractivity contribution in [2.24, 2.45) is 5.92 Å². The van der Waals surface area contributed by atoms with Crippen LogP contribution in [0.25, 0.3) is 0 Å². The first-order valence-corrected chi connectivity index (χ1v) is 15.3. The Balaban J connectivity index is 1.58. The molecule has 0 amide bonds. The number of nitrogens with zero attached hydrogens (tertiary/aromatic N) is 3. The van der Waals surface area contributed by atoms with Crippen LogP contribution in [0.15, 0.2) is 103 Å². The molecule has 0 spiro atoms. The molecule has 0 N–H and O–H groups in total. The van der Waals surface area contributed by atoms with E-state index in [0.717, 1.165) is 11.6 Å². The molecular weight excluding hydrogens is 649 g/mol. The highest BCUT2D eigenvalue weighted by molar-refractivity contribution is 6.35. The maximum absolute atomic E-state index is 13.3. The Morgan fingerprint density at radius 1 is 0.830 bits per heavy atom. The third kappa shape index (κ3) is 5.95. The van der Waals surface area contributed by atoms with E-state index in [1.54, 1.807) is 54.6 Å². The number of carbonyl (C=O) groups is 1. The van der Waals surface area contributed by atoms with E-state index in [2.05, 4.69) is 0 Å². The molecular formula is C34H25Cl2N3O8. The first kappa shape index (κ1) is 31.8. The number of hydrogen-bond donors (Lipinski definition) is 0. The van der Waals surface area contributed by atoms with Gasteiger partial charge < -0.3 is 4.74 Å². The largest absolute Gasteiger partial charge is 0.458 e. The maximum atomic E-state index is 13.3. The maximum Gasteiger partial charge on any atom is 0.338 e. The van der Waals surface area contributed by atoms with Gasteiger partial charge in [0.1, 0.15) is 6.61 Å². The van der Waals surface area contributed by atoms with E-state index in [1.807, 2.05) is 24.3 Å². The summed E-state index contributed by atoms with van der Waals surface area (Å²) in [4.78, 5) is 48.8. The summed E-state index contributed by atoms with van der Waals surface area (Å²) in [5, 5.41) is 37.5. The molecule has 0 saturated heterocycles. The average molecular weight is 674 g/mol. The third-order valence-corrected chi connectivity index (χ3v) is 9.62. The topological polar surface area (TPSA) is 156 Å². The van der Waals surface area contributed by atoms with Crippen molar-refractivity contribution in [3.8, 4) is 0 Å². The van der Waals surface area contributed by atoms with Crippen molar-refractivity contribution >= 4 is 40.5 Å². The summed E-state index contributed by atoms with van der Waals surface area (Å²) in [5.74, 6) is -3.78. The number of carbonyl (C=O) groups excluding carboxylic acids is 1. The normalized spacial score (nSPS) is 21.5. The molecule has 13 heteroatoms. The Bertz CT molecular complexity index is 1920. The van der Waals surface area contributed by atoms with Crippen molar-refractivity contribution in [3.63, 3.8) is 0 Å². The van der Waals surface area contributed by atoms with Crippen LogP contribution in [0.4, 0.5) is 11.4 Å². The monoisotopic (exact) mass is 673 g/mol. The molecule has 5 atom stereocenters. The first-order valence-electron chi connectivity index (χ1n) is 14.6. The minimum Gasteiger partial charge on any atom is -0.458 e. The van der Waals surface area contributed by atoms with Gasteiger partial charge in [-0.3, -0.25) is 30.3 Å². The number of hydrogen-bond acceptors (Lipinski definition) is 8. The lowest BCUT2D eigenvalue weighted by Gasteiger charge is -2.44. The highest BCUT2D eigenvalue weighted by Gasteiger charge is 2.55. The SMILES string of the molecule is O=C(OCC1=C[C@H]2[C@@H](c3cc([N+](=O)[O-])c(Cl)c([N+](=O)[O-])c3C[C@@H]2c2ccccc2)[C@@H]([N+](=O)[O-])[C@@H]1c1ccccc1)c1ccc(Cl)cc1. The highest BCUT2D eigenvalue weighted by Crippen LogP contribution is 2.57. The minimum absolute atomic E-state index is 0.0450. The van der Waals surface area contributed by atoms with Crippen LogP contribution in [0, 0.1) is 36.3 Å². The van der Waals surface area contributed by atoms with Crippen LogP contribution in [0.2, 0.25) is 10.0 Å². The number of halogens is 2. The lowest BCUT2D eigenvalue weighted by Crippen LogP contribution is -2.46. The molecule has 6 rings (SSSR count). The predicted octanol–water partition coefficient (Wildman–Crippen LogP) is 8.08. The second-order valence-corrected chi connectivity index (χ2v) is 12.3. The molecule has 0 fully saturated rings. The zero-order chi connectivity index (χ0) is 33.4. The molecule has 0 radical (unpaired) electrons. The molecule has 11 nitrogen and oxygen atoms in total. The molecule has 0 heterocycles. The highest BCUT2D eigenvalue weighted by atomic mass is 35.5. The van der Waals surface area contributed by atoms with Gasteiger partial charge in [0.2, 0.25) is 6.04 Å². The fourth-order valence-corrected chi connectivity index (χ4v) is 7.50. The van der Waals surface area contributed by atoms with Crippen molar-refractivity contribution in [2.45, 2.75) is 30.2 Å². The molecule has 0 aromatic heterocycles. The molecule has 4 aromatic rings. The lowest BCUT2D eigenvalue weighted by atomic mass is 9.58. The Labute approximate surface area is 277 Å². The van der Waals surface area contributed by atoms with E-state index in [9.17, 15) is 35.1 Å². The van der Waals surface area contributed by atoms with Crippen LogP contribution in [0.3, 0.4) is 0 Å². The molecule has 0 aliphatic heterocycles. The Morgan fingerprint density at radius 3 is 2.02 bits per heavy atom. The molecule has 2 aliphatic rings. The third-order valence-electron chi connectivity index (χ3n) is 9.00. The van der Waals surface area contributed by atoms with Crippen molar-refractivity contribution in [1.29, 1.82) is 0 Å². The number of esters is 1. The molecule has 47 heavy (non-hydrogen) atoms. The van der Waals surface area contributed by atoms with Crippen LogP contribution in [-0.2, 0) is 11.2 Å². The smallest absolute Gasteiger partial charge is 0.338 e. The van der Waals surface area contributed by atoms with Gasteiger partial charge in [-0.05, 0) is 64.8 Å². The molecule has 4 aromatic carbocycles. The first-order chi connectivity index (χ1) is 22.6. The van der Waals surface area contributed by atoms with E-state index < -0.39 is 66.9 Å². The van der Waals surface area contributed by atoms with Gasteiger partial charge in [0.05, 0.1) is 27.2 Å². The Hall–Kier alpha value is -5.13. The summed E-state index contributed by atoms with van der Waals surface area (Å²) in [5.41, 5.74) is 0.999. The second kappa shape index (κ2) is 12.9. The molecule has 2 aliphatic carbocycles. The standard InChI is InChI=1S/C34H25Cl2N3O8/c35-23-13-11-21(12-14-23)34(40)47-18-22-15-25-24(19-7-3-1-4-8-19)16-27-26(17-28(37(41)42)31(36)32(27)38(43)44)30(25)33(39(45)46)29(22)20-9-5-2-6-10-20/h1-15,17,24-25,29-30,33H,16,18H2/t24-,25-,29-,30+,33+/m1/s1. The fourth-order valence-electron chi connectivity index (χ4n) is 7.07. The second-order valence-electron chi connectivity index (χ2n) is 11.5. The van der Waals surface area contributed by atoms with E-state index >= 15 is 0 Å². The van der Waals surface area contributed by atoms with Gasteiger partial charge in [0.25, 0.3) is 11.4 Å². The zero-order valence-corrected chi connectivity index (χ0v) is 25.9. The summed E-state index contributed by atoms with van der Waals surface area (Å²) in [7, 11) is 0. The quantitative estimate of drug-likeness (QED) is 0.0786. The summed E-state index contributed by atoms with van der Waals surface area (Å²) in [6.45, 7) is -0.274. The Morgan fingerprint density at radius 2 is 1.45 bits per heavy atom. The van der Waals surface area contributed by atoms with Gasteiger partial charge in [0, 0.05) is 21.6 Å². The Kier molecular flexibility index (Phi) is 8.76. The van der Waals surface area contributed by atoms with Crippen LogP contribution in [0.1, 0.15) is 50.4 Å². The van der Waals surface area contributed by atoms with Gasteiger partial charge >= 0.3 is 5.97 Å². The van der Waals surface area contributed by atoms with Gasteiger partial charge in [-0.15, -0.1) is 0 Å². The number of ether oxygens (including phenoxy) is 1. The number of rotatable bonds is 8. The summed E-state index contributed by atoms with van der Waals surface area (Å²) in [6, 6.07) is 23.6. The summed E-state index contributed by atoms with van der Waals surface area (Å²) in [6.07, 6.45) is 1.90. The van der Waals surface area contributed by atoms with Crippen molar-refractivity contribution in [3.05, 3.63) is 171 Å². The van der Waals surface area contributed by atoms with Crippen LogP contribution >= 0.6 is 23.2 Å². The lowest BCUT2D eigenvalue weighted by molar-refractivity contribution is -0.532. The fraction of sp³-hybridized carbons (Fsp3) is 0.206. The average Bonchev–Trinajstić information content (AvgIpc) is 3.06. The van der Waals surface area contributed by atoms with Gasteiger partial charge in [0.15, 0.2) is 5.02 Å². The van der Waals surface area contributed by atoms with E-state index in [0.29, 0.717) is 16.2 Å². The summed E-state index contributed by atoms with van der Waals surface area (Å²) >= 11 is 12.3. The van der Waals surface area contributed by atoms with E-state index in [-0.39, 0.29) is 29.7 Å². The van der Waals surface area contributed by atoms with E-state index in [4.69, 9.17) is 27.9 Å². The predicted molar refractivity (Wildman–Crippen MR) is 174 cm³/mol. The summed E-state index contributed by atoms with van der Waals surface area (Å²) < 4.78 is 5.73. The number of nitro groups is 3.